The Morgan fingerprint density at radius 3 is 2.26 bits per heavy atom. The Hall–Kier alpha value is -1.44. The van der Waals surface area contributed by atoms with Crippen LogP contribution in [0, 0.1) is 19.8 Å². The molecule has 0 saturated carbocycles. The summed E-state index contributed by atoms with van der Waals surface area (Å²) in [5, 5.41) is 0. The van der Waals surface area contributed by atoms with Crippen LogP contribution < -0.4 is 0 Å². The number of hydrogen-bond acceptors (Lipinski definition) is 2. The largest absolute Gasteiger partial charge is 0.299 e. The van der Waals surface area contributed by atoms with Crippen LogP contribution in [0.15, 0.2) is 23.2 Å². The van der Waals surface area contributed by atoms with Crippen molar-refractivity contribution in [1.82, 2.24) is 0 Å². The molecule has 0 aliphatic heterocycles. The lowest BCUT2D eigenvalue weighted by Crippen LogP contribution is -2.19. The average Bonchev–Trinajstić information content (AvgIpc) is 2.34. The van der Waals surface area contributed by atoms with Gasteiger partial charge in [0.1, 0.15) is 5.78 Å². The molecule has 0 N–H and O–H groups in total. The highest BCUT2D eigenvalue weighted by molar-refractivity contribution is 6.04. The highest BCUT2D eigenvalue weighted by Gasteiger charge is 2.17. The van der Waals surface area contributed by atoms with E-state index in [-0.39, 0.29) is 11.7 Å². The molecule has 0 heterocycles. The van der Waals surface area contributed by atoms with Crippen LogP contribution in [0.2, 0.25) is 0 Å². The van der Waals surface area contributed by atoms with Gasteiger partial charge in [0.15, 0.2) is 0 Å². The van der Waals surface area contributed by atoms with Crippen molar-refractivity contribution >= 4 is 17.2 Å². The summed E-state index contributed by atoms with van der Waals surface area (Å²) >= 11 is 0. The third-order valence-electron chi connectivity index (χ3n) is 3.57. The maximum absolute atomic E-state index is 11.8. The summed E-state index contributed by atoms with van der Waals surface area (Å²) in [4.78, 5) is 16.5. The van der Waals surface area contributed by atoms with Gasteiger partial charge in [0.2, 0.25) is 0 Å². The molecular weight excluding hydrogens is 234 g/mol. The molecule has 1 rings (SSSR count). The van der Waals surface area contributed by atoms with Crippen molar-refractivity contribution in [1.29, 1.82) is 0 Å². The number of rotatable bonds is 6. The minimum Gasteiger partial charge on any atom is -0.299 e. The zero-order chi connectivity index (χ0) is 14.4. The highest BCUT2D eigenvalue weighted by Crippen LogP contribution is 2.25. The van der Waals surface area contributed by atoms with E-state index in [4.69, 9.17) is 4.99 Å². The molecule has 0 saturated heterocycles. The fourth-order valence-electron chi connectivity index (χ4n) is 2.35. The second-order valence-corrected chi connectivity index (χ2v) is 5.30. The number of ketones is 1. The molecule has 0 radical (unpaired) electrons. The molecule has 104 valence electrons. The predicted molar refractivity (Wildman–Crippen MR) is 82.4 cm³/mol. The van der Waals surface area contributed by atoms with Crippen molar-refractivity contribution in [3.05, 3.63) is 29.3 Å². The number of nitrogens with zero attached hydrogens (tertiary/aromatic N) is 1. The van der Waals surface area contributed by atoms with Crippen LogP contribution in [-0.4, -0.2) is 11.5 Å². The van der Waals surface area contributed by atoms with Crippen LogP contribution in [0.3, 0.4) is 0 Å². The lowest BCUT2D eigenvalue weighted by Gasteiger charge is -2.14. The number of para-hydroxylation sites is 1. The van der Waals surface area contributed by atoms with Gasteiger partial charge in [0.25, 0.3) is 0 Å². The van der Waals surface area contributed by atoms with Crippen LogP contribution in [0.5, 0.6) is 0 Å². The summed E-state index contributed by atoms with van der Waals surface area (Å²) in [6.45, 7) is 9.93. The first kappa shape index (κ1) is 15.6. The van der Waals surface area contributed by atoms with E-state index in [2.05, 4.69) is 32.9 Å². The van der Waals surface area contributed by atoms with Gasteiger partial charge in [0, 0.05) is 5.71 Å². The third-order valence-corrected chi connectivity index (χ3v) is 3.57. The van der Waals surface area contributed by atoms with Crippen molar-refractivity contribution in [2.24, 2.45) is 10.9 Å². The van der Waals surface area contributed by atoms with E-state index >= 15 is 0 Å². The molecule has 0 spiro atoms. The standard InChI is InChI=1S/C17H25NO/c1-6-7-11-16(15(5)19)14(4)18-17-12(2)9-8-10-13(17)3/h8-10,16H,6-7,11H2,1-5H3/b18-14+. The number of Topliss-reactive ketones (excluding diaryl/α,β-unsaturated/α-hetero) is 1. The molecule has 0 fully saturated rings. The molecule has 1 atom stereocenters. The number of hydrogen-bond donors (Lipinski definition) is 0. The van der Waals surface area contributed by atoms with Crippen LogP contribution in [0.1, 0.15) is 51.2 Å². The Kier molecular flexibility index (Phi) is 5.94. The summed E-state index contributed by atoms with van der Waals surface area (Å²) in [6.07, 6.45) is 3.09. The lowest BCUT2D eigenvalue weighted by atomic mass is 9.93. The fourth-order valence-corrected chi connectivity index (χ4v) is 2.35. The van der Waals surface area contributed by atoms with E-state index < -0.39 is 0 Å². The van der Waals surface area contributed by atoms with Gasteiger partial charge >= 0.3 is 0 Å². The first-order valence-electron chi connectivity index (χ1n) is 7.09. The van der Waals surface area contributed by atoms with Gasteiger partial charge in [-0.1, -0.05) is 38.0 Å². The van der Waals surface area contributed by atoms with Crippen LogP contribution in [0.25, 0.3) is 0 Å². The summed E-state index contributed by atoms with van der Waals surface area (Å²) in [6, 6.07) is 6.17. The molecule has 1 aromatic rings. The van der Waals surface area contributed by atoms with E-state index in [1.807, 2.05) is 13.0 Å². The fraction of sp³-hybridized carbons (Fsp3) is 0.529. The van der Waals surface area contributed by atoms with Crippen LogP contribution >= 0.6 is 0 Å². The van der Waals surface area contributed by atoms with Gasteiger partial charge < -0.3 is 0 Å². The Bertz CT molecular complexity index is 454. The quantitative estimate of drug-likeness (QED) is 0.675. The molecule has 0 aliphatic rings. The number of carbonyl (C=O) groups excluding carboxylic acids is 1. The molecule has 1 unspecified atom stereocenters. The Morgan fingerprint density at radius 2 is 1.79 bits per heavy atom. The predicted octanol–water partition coefficient (Wildman–Crippen LogP) is 4.79. The van der Waals surface area contributed by atoms with E-state index in [9.17, 15) is 4.79 Å². The minimum atomic E-state index is -0.0287. The SMILES string of the molecule is CCCCC(C(C)=O)/C(C)=N/c1c(C)cccc1C. The highest BCUT2D eigenvalue weighted by atomic mass is 16.1. The van der Waals surface area contributed by atoms with Gasteiger partial charge in [-0.05, 0) is 45.2 Å². The Morgan fingerprint density at radius 1 is 1.21 bits per heavy atom. The molecule has 0 aromatic heterocycles. The molecule has 19 heavy (non-hydrogen) atoms. The second-order valence-electron chi connectivity index (χ2n) is 5.30. The van der Waals surface area contributed by atoms with Crippen molar-refractivity contribution in [2.45, 2.75) is 53.9 Å². The lowest BCUT2D eigenvalue weighted by molar-refractivity contribution is -0.119. The van der Waals surface area contributed by atoms with Crippen molar-refractivity contribution in [3.8, 4) is 0 Å². The molecule has 0 bridgehead atoms. The summed E-state index contributed by atoms with van der Waals surface area (Å²) < 4.78 is 0. The van der Waals surface area contributed by atoms with Gasteiger partial charge in [0.05, 0.1) is 11.6 Å². The van der Waals surface area contributed by atoms with Gasteiger partial charge in [-0.25, -0.2) is 0 Å². The van der Waals surface area contributed by atoms with E-state index in [0.717, 1.165) is 41.8 Å². The Balaban J connectivity index is 3.04. The van der Waals surface area contributed by atoms with E-state index in [0.29, 0.717) is 0 Å². The average molecular weight is 259 g/mol. The molecule has 2 nitrogen and oxygen atoms in total. The number of aryl methyl sites for hydroxylation is 2. The summed E-state index contributed by atoms with van der Waals surface area (Å²) in [5.41, 5.74) is 4.29. The molecule has 2 heteroatoms. The maximum Gasteiger partial charge on any atom is 0.138 e. The second kappa shape index (κ2) is 7.22. The minimum absolute atomic E-state index is 0.0287. The smallest absolute Gasteiger partial charge is 0.138 e. The number of benzene rings is 1. The summed E-state index contributed by atoms with van der Waals surface area (Å²) in [7, 11) is 0. The Labute approximate surface area is 117 Å². The monoisotopic (exact) mass is 259 g/mol. The van der Waals surface area contributed by atoms with Crippen molar-refractivity contribution < 1.29 is 4.79 Å². The molecular formula is C17H25NO. The third kappa shape index (κ3) is 4.30. The summed E-state index contributed by atoms with van der Waals surface area (Å²) in [5.74, 6) is 0.194. The van der Waals surface area contributed by atoms with E-state index in [1.165, 1.54) is 0 Å². The molecule has 0 aliphatic carbocycles. The molecule has 1 aromatic carbocycles. The van der Waals surface area contributed by atoms with Gasteiger partial charge in [-0.2, -0.15) is 0 Å². The number of carbonyl (C=O) groups is 1. The van der Waals surface area contributed by atoms with Gasteiger partial charge in [-0.3, -0.25) is 9.79 Å². The normalized spacial score (nSPS) is 13.4. The van der Waals surface area contributed by atoms with Crippen molar-refractivity contribution in [3.63, 3.8) is 0 Å². The topological polar surface area (TPSA) is 29.4 Å². The zero-order valence-corrected chi connectivity index (χ0v) is 12.8. The molecule has 0 amide bonds. The van der Waals surface area contributed by atoms with Crippen molar-refractivity contribution in [2.75, 3.05) is 0 Å². The number of aliphatic imine (C=N–C) groups is 1. The van der Waals surface area contributed by atoms with Gasteiger partial charge in [-0.15, -0.1) is 0 Å². The first-order valence-corrected chi connectivity index (χ1v) is 7.09. The van der Waals surface area contributed by atoms with Crippen LogP contribution in [0.4, 0.5) is 5.69 Å². The van der Waals surface area contributed by atoms with Crippen LogP contribution in [-0.2, 0) is 4.79 Å². The van der Waals surface area contributed by atoms with E-state index in [1.54, 1.807) is 6.92 Å². The number of unbranched alkanes of at least 4 members (excludes halogenated alkanes) is 1. The zero-order valence-electron chi connectivity index (χ0n) is 12.8. The first-order chi connectivity index (χ1) is 8.97. The maximum atomic E-state index is 11.8.